The molecule has 1 unspecified atom stereocenters. The Kier molecular flexibility index (Phi) is 4.10. The zero-order chi connectivity index (χ0) is 14.0. The maximum Gasteiger partial charge on any atom is 0.242 e. The Balaban J connectivity index is 2.15. The number of benzene rings is 1. The van der Waals surface area contributed by atoms with Crippen LogP contribution in [0, 0.1) is 11.7 Å². The molecule has 1 aromatic rings. The summed E-state index contributed by atoms with van der Waals surface area (Å²) in [6, 6.07) is 3.25. The predicted molar refractivity (Wildman–Crippen MR) is 72.6 cm³/mol. The van der Waals surface area contributed by atoms with E-state index in [4.69, 9.17) is 5.73 Å². The Hall–Kier alpha value is -1.14. The van der Waals surface area contributed by atoms with Crippen LogP contribution in [-0.4, -0.2) is 14.5 Å². The molecular formula is C13H19FN2O2S. The van der Waals surface area contributed by atoms with Gasteiger partial charge in [0, 0.05) is 6.04 Å². The molecule has 19 heavy (non-hydrogen) atoms. The molecular weight excluding hydrogens is 267 g/mol. The Morgan fingerprint density at radius 2 is 2.16 bits per heavy atom. The van der Waals surface area contributed by atoms with Crippen LogP contribution < -0.4 is 10.5 Å². The van der Waals surface area contributed by atoms with Crippen molar-refractivity contribution in [3.8, 4) is 0 Å². The third kappa shape index (κ3) is 3.67. The molecule has 1 atom stereocenters. The van der Waals surface area contributed by atoms with Crippen molar-refractivity contribution in [2.45, 2.75) is 43.5 Å². The summed E-state index contributed by atoms with van der Waals surface area (Å²) in [5.74, 6) is 0.0969. The van der Waals surface area contributed by atoms with E-state index in [0.717, 1.165) is 25.0 Å². The number of hydrogen-bond acceptors (Lipinski definition) is 3. The summed E-state index contributed by atoms with van der Waals surface area (Å²) >= 11 is 0. The molecule has 0 spiro atoms. The van der Waals surface area contributed by atoms with Gasteiger partial charge < -0.3 is 5.73 Å². The normalized spacial score (nSPS) is 17.4. The zero-order valence-corrected chi connectivity index (χ0v) is 11.7. The van der Waals surface area contributed by atoms with Gasteiger partial charge in [-0.1, -0.05) is 19.8 Å². The van der Waals surface area contributed by atoms with Gasteiger partial charge in [0.05, 0.1) is 5.69 Å². The van der Waals surface area contributed by atoms with Crippen molar-refractivity contribution in [1.82, 2.24) is 4.72 Å². The van der Waals surface area contributed by atoms with Gasteiger partial charge in [0.2, 0.25) is 10.0 Å². The minimum atomic E-state index is -3.68. The molecule has 0 aliphatic heterocycles. The number of halogens is 1. The largest absolute Gasteiger partial charge is 0.398 e. The van der Waals surface area contributed by atoms with Gasteiger partial charge in [0.15, 0.2) is 0 Å². The molecule has 0 bridgehead atoms. The highest BCUT2D eigenvalue weighted by Gasteiger charge is 2.28. The topological polar surface area (TPSA) is 72.2 Å². The third-order valence-electron chi connectivity index (χ3n) is 3.39. The lowest BCUT2D eigenvalue weighted by Gasteiger charge is -2.17. The SMILES string of the molecule is CCC(CC1CC1)NS(=O)(=O)c1ccc(F)cc1N. The second-order valence-corrected chi connectivity index (χ2v) is 6.77. The molecule has 1 saturated carbocycles. The van der Waals surface area contributed by atoms with Crippen molar-refractivity contribution in [3.05, 3.63) is 24.0 Å². The first-order chi connectivity index (χ1) is 8.92. The fourth-order valence-corrected chi connectivity index (χ4v) is 3.55. The van der Waals surface area contributed by atoms with Gasteiger partial charge in [-0.15, -0.1) is 0 Å². The number of hydrogen-bond donors (Lipinski definition) is 2. The average Bonchev–Trinajstić information content (AvgIpc) is 3.11. The van der Waals surface area contributed by atoms with Crippen molar-refractivity contribution < 1.29 is 12.8 Å². The Morgan fingerprint density at radius 1 is 1.47 bits per heavy atom. The van der Waals surface area contributed by atoms with Crippen molar-refractivity contribution in [2.24, 2.45) is 5.92 Å². The van der Waals surface area contributed by atoms with Gasteiger partial charge in [-0.2, -0.15) is 0 Å². The van der Waals surface area contributed by atoms with E-state index in [1.165, 1.54) is 18.9 Å². The highest BCUT2D eigenvalue weighted by atomic mass is 32.2. The fourth-order valence-electron chi connectivity index (χ4n) is 2.10. The lowest BCUT2D eigenvalue weighted by atomic mass is 10.1. The first-order valence-corrected chi connectivity index (χ1v) is 7.98. The summed E-state index contributed by atoms with van der Waals surface area (Å²) in [5.41, 5.74) is 5.52. The Morgan fingerprint density at radius 3 is 2.68 bits per heavy atom. The third-order valence-corrected chi connectivity index (χ3v) is 4.99. The standard InChI is InChI=1S/C13H19FN2O2S/c1-2-11(7-9-3-4-9)16-19(17,18)13-6-5-10(14)8-12(13)15/h5-6,8-9,11,16H,2-4,7,15H2,1H3. The number of nitrogens with one attached hydrogen (secondary N) is 1. The first-order valence-electron chi connectivity index (χ1n) is 6.49. The van der Waals surface area contributed by atoms with Gasteiger partial charge in [0.1, 0.15) is 10.7 Å². The van der Waals surface area contributed by atoms with Crippen LogP contribution in [0.15, 0.2) is 23.1 Å². The van der Waals surface area contributed by atoms with Gasteiger partial charge >= 0.3 is 0 Å². The number of nitrogens with two attached hydrogens (primary N) is 1. The molecule has 2 rings (SSSR count). The van der Waals surface area contributed by atoms with E-state index in [0.29, 0.717) is 5.92 Å². The lowest BCUT2D eigenvalue weighted by Crippen LogP contribution is -2.35. The molecule has 1 aliphatic carbocycles. The summed E-state index contributed by atoms with van der Waals surface area (Å²) in [7, 11) is -3.68. The summed E-state index contributed by atoms with van der Waals surface area (Å²) in [4.78, 5) is -0.0526. The average molecular weight is 286 g/mol. The van der Waals surface area contributed by atoms with E-state index in [1.807, 2.05) is 6.92 Å². The summed E-state index contributed by atoms with van der Waals surface area (Å²) in [5, 5.41) is 0. The lowest BCUT2D eigenvalue weighted by molar-refractivity contribution is 0.495. The quantitative estimate of drug-likeness (QED) is 0.788. The van der Waals surface area contributed by atoms with E-state index in [1.54, 1.807) is 0 Å². The van der Waals surface area contributed by atoms with Crippen LogP contribution in [0.2, 0.25) is 0 Å². The number of sulfonamides is 1. The predicted octanol–water partition coefficient (Wildman–Crippen LogP) is 2.26. The van der Waals surface area contributed by atoms with E-state index in [-0.39, 0.29) is 16.6 Å². The monoisotopic (exact) mass is 286 g/mol. The maximum absolute atomic E-state index is 12.9. The smallest absolute Gasteiger partial charge is 0.242 e. The maximum atomic E-state index is 12.9. The molecule has 6 heteroatoms. The van der Waals surface area contributed by atoms with Gasteiger partial charge in [-0.05, 0) is 37.0 Å². The molecule has 1 aliphatic rings. The minimum Gasteiger partial charge on any atom is -0.398 e. The Labute approximate surface area is 113 Å². The highest BCUT2D eigenvalue weighted by molar-refractivity contribution is 7.89. The molecule has 1 aromatic carbocycles. The molecule has 3 N–H and O–H groups in total. The van der Waals surface area contributed by atoms with Crippen molar-refractivity contribution in [1.29, 1.82) is 0 Å². The minimum absolute atomic E-state index is 0.0526. The molecule has 0 saturated heterocycles. The molecule has 0 heterocycles. The van der Waals surface area contributed by atoms with E-state index >= 15 is 0 Å². The molecule has 4 nitrogen and oxygen atoms in total. The highest BCUT2D eigenvalue weighted by Crippen LogP contribution is 2.34. The molecule has 1 fully saturated rings. The van der Waals surface area contributed by atoms with Gasteiger partial charge in [0.25, 0.3) is 0 Å². The van der Waals surface area contributed by atoms with Crippen LogP contribution in [-0.2, 0) is 10.0 Å². The van der Waals surface area contributed by atoms with Crippen molar-refractivity contribution in [3.63, 3.8) is 0 Å². The summed E-state index contributed by atoms with van der Waals surface area (Å²) in [6.07, 6.45) is 3.95. The number of rotatable bonds is 6. The van der Waals surface area contributed by atoms with Gasteiger partial charge in [-0.25, -0.2) is 17.5 Å². The number of nitrogen functional groups attached to an aromatic ring is 1. The van der Waals surface area contributed by atoms with Crippen LogP contribution >= 0.6 is 0 Å². The van der Waals surface area contributed by atoms with Gasteiger partial charge in [-0.3, -0.25) is 0 Å². The van der Waals surface area contributed by atoms with Crippen LogP contribution in [0.25, 0.3) is 0 Å². The van der Waals surface area contributed by atoms with Crippen molar-refractivity contribution in [2.75, 3.05) is 5.73 Å². The van der Waals surface area contributed by atoms with E-state index in [2.05, 4.69) is 4.72 Å². The van der Waals surface area contributed by atoms with Crippen molar-refractivity contribution >= 4 is 15.7 Å². The van der Waals surface area contributed by atoms with Crippen LogP contribution in [0.5, 0.6) is 0 Å². The summed E-state index contributed by atoms with van der Waals surface area (Å²) in [6.45, 7) is 1.95. The Bertz CT molecular complexity index is 556. The first kappa shape index (κ1) is 14.3. The fraction of sp³-hybridized carbons (Fsp3) is 0.538. The van der Waals surface area contributed by atoms with Crippen LogP contribution in [0.3, 0.4) is 0 Å². The second-order valence-electron chi connectivity index (χ2n) is 5.09. The molecule has 0 amide bonds. The molecule has 0 radical (unpaired) electrons. The van der Waals surface area contributed by atoms with E-state index < -0.39 is 15.8 Å². The van der Waals surface area contributed by atoms with Crippen LogP contribution in [0.1, 0.15) is 32.6 Å². The molecule has 106 valence electrons. The zero-order valence-electron chi connectivity index (χ0n) is 10.9. The van der Waals surface area contributed by atoms with Crippen LogP contribution in [0.4, 0.5) is 10.1 Å². The molecule has 0 aromatic heterocycles. The van der Waals surface area contributed by atoms with E-state index in [9.17, 15) is 12.8 Å². The summed E-state index contributed by atoms with van der Waals surface area (Å²) < 4.78 is 40.1. The second kappa shape index (κ2) is 5.46. The number of anilines is 1.